The summed E-state index contributed by atoms with van der Waals surface area (Å²) in [5.41, 5.74) is 6.30. The highest BCUT2D eigenvalue weighted by Gasteiger charge is 2.09. The average molecular weight is 270 g/mol. The zero-order chi connectivity index (χ0) is 13.5. The minimum atomic E-state index is -0.216. The lowest BCUT2D eigenvalue weighted by molar-refractivity contribution is -0.116. The predicted molar refractivity (Wildman–Crippen MR) is 72.7 cm³/mol. The van der Waals surface area contributed by atoms with Crippen molar-refractivity contribution in [2.24, 2.45) is 5.73 Å². The molecule has 98 valence electrons. The van der Waals surface area contributed by atoms with Crippen LogP contribution in [-0.4, -0.2) is 18.4 Å². The van der Waals surface area contributed by atoms with Crippen molar-refractivity contribution in [2.75, 3.05) is 17.2 Å². The molecule has 5 nitrogen and oxygen atoms in total. The van der Waals surface area contributed by atoms with Gasteiger partial charge in [-0.2, -0.15) is 0 Å². The zero-order valence-electron chi connectivity index (χ0n) is 10.1. The molecule has 0 saturated carbocycles. The van der Waals surface area contributed by atoms with E-state index >= 15 is 0 Å². The molecule has 0 bridgehead atoms. The van der Waals surface area contributed by atoms with E-state index in [0.29, 0.717) is 22.8 Å². The molecule has 0 atom stereocenters. The van der Waals surface area contributed by atoms with Crippen LogP contribution in [0.25, 0.3) is 0 Å². The number of anilines is 2. The number of nitrogens with two attached hydrogens (primary N) is 1. The van der Waals surface area contributed by atoms with E-state index in [0.717, 1.165) is 0 Å². The summed E-state index contributed by atoms with van der Waals surface area (Å²) >= 11 is 5.86. The molecular formula is C12H16ClN3O2. The second kappa shape index (κ2) is 6.98. The van der Waals surface area contributed by atoms with Gasteiger partial charge >= 0.3 is 0 Å². The van der Waals surface area contributed by atoms with E-state index in [1.54, 1.807) is 25.1 Å². The van der Waals surface area contributed by atoms with Crippen LogP contribution in [0.5, 0.6) is 0 Å². The first kappa shape index (κ1) is 14.5. The summed E-state index contributed by atoms with van der Waals surface area (Å²) < 4.78 is 0. The standard InChI is InChI=1S/C12H16ClN3O2/c1-2-11(17)15-9-4-3-8(13)7-10(9)16-12(18)5-6-14/h3-4,7H,2,5-6,14H2,1H3,(H,15,17)(H,16,18). The highest BCUT2D eigenvalue weighted by molar-refractivity contribution is 6.31. The fraction of sp³-hybridized carbons (Fsp3) is 0.333. The van der Waals surface area contributed by atoms with Crippen molar-refractivity contribution in [3.05, 3.63) is 23.2 Å². The number of amides is 2. The summed E-state index contributed by atoms with van der Waals surface area (Å²) in [5.74, 6) is -0.349. The van der Waals surface area contributed by atoms with Crippen molar-refractivity contribution in [1.29, 1.82) is 0 Å². The third-order valence-corrected chi connectivity index (χ3v) is 2.46. The van der Waals surface area contributed by atoms with Crippen LogP contribution in [0.4, 0.5) is 11.4 Å². The molecule has 1 rings (SSSR count). The van der Waals surface area contributed by atoms with Crippen LogP contribution in [0.3, 0.4) is 0 Å². The Bertz CT molecular complexity index is 449. The molecule has 0 heterocycles. The number of rotatable bonds is 5. The summed E-state index contributed by atoms with van der Waals surface area (Å²) in [5, 5.41) is 5.83. The monoisotopic (exact) mass is 269 g/mol. The lowest BCUT2D eigenvalue weighted by atomic mass is 10.2. The maximum absolute atomic E-state index is 11.5. The predicted octanol–water partition coefficient (Wildman–Crippen LogP) is 1.98. The first-order valence-corrected chi connectivity index (χ1v) is 6.04. The summed E-state index contributed by atoms with van der Waals surface area (Å²) in [4.78, 5) is 22.8. The van der Waals surface area contributed by atoms with Gasteiger partial charge in [0.2, 0.25) is 11.8 Å². The van der Waals surface area contributed by atoms with Crippen molar-refractivity contribution < 1.29 is 9.59 Å². The Balaban J connectivity index is 2.89. The number of benzene rings is 1. The first-order valence-electron chi connectivity index (χ1n) is 5.66. The van der Waals surface area contributed by atoms with Crippen LogP contribution in [0.2, 0.25) is 5.02 Å². The molecule has 1 aromatic carbocycles. The Morgan fingerprint density at radius 1 is 1.22 bits per heavy atom. The second-order valence-electron chi connectivity index (χ2n) is 3.68. The molecular weight excluding hydrogens is 254 g/mol. The van der Waals surface area contributed by atoms with E-state index in [1.165, 1.54) is 0 Å². The van der Waals surface area contributed by atoms with Crippen molar-refractivity contribution in [2.45, 2.75) is 19.8 Å². The summed E-state index contributed by atoms with van der Waals surface area (Å²) in [7, 11) is 0. The normalized spacial score (nSPS) is 9.94. The molecule has 0 aliphatic heterocycles. The number of hydrogen-bond donors (Lipinski definition) is 3. The Kier molecular flexibility index (Phi) is 5.61. The lowest BCUT2D eigenvalue weighted by Gasteiger charge is -2.12. The van der Waals surface area contributed by atoms with Gasteiger partial charge in [-0.3, -0.25) is 9.59 Å². The van der Waals surface area contributed by atoms with E-state index in [4.69, 9.17) is 17.3 Å². The van der Waals surface area contributed by atoms with E-state index in [2.05, 4.69) is 10.6 Å². The molecule has 0 unspecified atom stereocenters. The van der Waals surface area contributed by atoms with Crippen LogP contribution in [0.15, 0.2) is 18.2 Å². The van der Waals surface area contributed by atoms with Gasteiger partial charge in [0.25, 0.3) is 0 Å². The minimum absolute atomic E-state index is 0.133. The van der Waals surface area contributed by atoms with Crippen LogP contribution >= 0.6 is 11.6 Å². The molecule has 2 amide bonds. The van der Waals surface area contributed by atoms with E-state index in [-0.39, 0.29) is 24.8 Å². The first-order chi connectivity index (χ1) is 8.56. The number of nitrogens with one attached hydrogen (secondary N) is 2. The highest BCUT2D eigenvalue weighted by atomic mass is 35.5. The molecule has 0 saturated heterocycles. The molecule has 0 spiro atoms. The maximum atomic E-state index is 11.5. The van der Waals surface area contributed by atoms with Crippen LogP contribution in [0, 0.1) is 0 Å². The van der Waals surface area contributed by atoms with Gasteiger partial charge in [0.05, 0.1) is 11.4 Å². The molecule has 0 aliphatic carbocycles. The number of carbonyl (C=O) groups excluding carboxylic acids is 2. The average Bonchev–Trinajstić information content (AvgIpc) is 2.32. The van der Waals surface area contributed by atoms with Crippen molar-refractivity contribution in [3.63, 3.8) is 0 Å². The van der Waals surface area contributed by atoms with Gasteiger partial charge in [-0.25, -0.2) is 0 Å². The minimum Gasteiger partial charge on any atom is -0.330 e. The molecule has 6 heteroatoms. The summed E-state index contributed by atoms with van der Waals surface area (Å²) in [6.07, 6.45) is 0.576. The Hall–Kier alpha value is -1.59. The van der Waals surface area contributed by atoms with Gasteiger partial charge in [0.1, 0.15) is 0 Å². The SMILES string of the molecule is CCC(=O)Nc1ccc(Cl)cc1NC(=O)CCN. The number of carbonyl (C=O) groups is 2. The Morgan fingerprint density at radius 2 is 1.89 bits per heavy atom. The van der Waals surface area contributed by atoms with Crippen molar-refractivity contribution >= 4 is 34.8 Å². The molecule has 0 radical (unpaired) electrons. The summed E-state index contributed by atoms with van der Waals surface area (Å²) in [6.45, 7) is 2.01. The number of hydrogen-bond acceptors (Lipinski definition) is 3. The van der Waals surface area contributed by atoms with Gasteiger partial charge in [-0.15, -0.1) is 0 Å². The fourth-order valence-electron chi connectivity index (χ4n) is 1.31. The van der Waals surface area contributed by atoms with E-state index in [1.807, 2.05) is 0 Å². The van der Waals surface area contributed by atoms with Crippen molar-refractivity contribution in [1.82, 2.24) is 0 Å². The second-order valence-corrected chi connectivity index (χ2v) is 4.11. The fourth-order valence-corrected chi connectivity index (χ4v) is 1.48. The summed E-state index contributed by atoms with van der Waals surface area (Å²) in [6, 6.07) is 4.88. The zero-order valence-corrected chi connectivity index (χ0v) is 10.9. The lowest BCUT2D eigenvalue weighted by Crippen LogP contribution is -2.18. The molecule has 0 aromatic heterocycles. The largest absolute Gasteiger partial charge is 0.330 e. The van der Waals surface area contributed by atoms with Gasteiger partial charge in [-0.1, -0.05) is 18.5 Å². The topological polar surface area (TPSA) is 84.2 Å². The quantitative estimate of drug-likeness (QED) is 0.764. The third kappa shape index (κ3) is 4.35. The van der Waals surface area contributed by atoms with Crippen molar-refractivity contribution in [3.8, 4) is 0 Å². The molecule has 0 fully saturated rings. The maximum Gasteiger partial charge on any atom is 0.225 e. The van der Waals surface area contributed by atoms with Gasteiger partial charge in [0.15, 0.2) is 0 Å². The molecule has 0 aliphatic rings. The van der Waals surface area contributed by atoms with Crippen LogP contribution in [0.1, 0.15) is 19.8 Å². The number of halogens is 1. The van der Waals surface area contributed by atoms with Gasteiger partial charge in [-0.05, 0) is 18.2 Å². The highest BCUT2D eigenvalue weighted by Crippen LogP contribution is 2.26. The third-order valence-electron chi connectivity index (χ3n) is 2.22. The molecule has 4 N–H and O–H groups in total. The van der Waals surface area contributed by atoms with E-state index in [9.17, 15) is 9.59 Å². The van der Waals surface area contributed by atoms with Gasteiger partial charge in [0, 0.05) is 24.4 Å². The molecule has 18 heavy (non-hydrogen) atoms. The van der Waals surface area contributed by atoms with Crippen LogP contribution in [-0.2, 0) is 9.59 Å². The molecule has 1 aromatic rings. The van der Waals surface area contributed by atoms with E-state index < -0.39 is 0 Å². The smallest absolute Gasteiger partial charge is 0.225 e. The van der Waals surface area contributed by atoms with Crippen LogP contribution < -0.4 is 16.4 Å². The Labute approximate surface area is 111 Å². The Morgan fingerprint density at radius 3 is 2.50 bits per heavy atom. The van der Waals surface area contributed by atoms with Gasteiger partial charge < -0.3 is 16.4 Å².